The van der Waals surface area contributed by atoms with Crippen LogP contribution in [0.15, 0.2) is 28.7 Å². The Labute approximate surface area is 130 Å². The van der Waals surface area contributed by atoms with E-state index in [4.69, 9.17) is 0 Å². The van der Waals surface area contributed by atoms with Crippen molar-refractivity contribution in [2.45, 2.75) is 58.7 Å². The van der Waals surface area contributed by atoms with Crippen molar-refractivity contribution in [1.82, 2.24) is 10.6 Å². The first-order chi connectivity index (χ1) is 9.25. The Balaban J connectivity index is 2.61. The summed E-state index contributed by atoms with van der Waals surface area (Å²) < 4.78 is 1.05. The molecule has 4 heteroatoms. The maximum Gasteiger partial charge on any atom is 0.237 e. The first-order valence-corrected chi connectivity index (χ1v) is 7.88. The summed E-state index contributed by atoms with van der Waals surface area (Å²) in [5, 5.41) is 6.40. The van der Waals surface area contributed by atoms with Crippen LogP contribution in [0.1, 0.15) is 52.6 Å². The van der Waals surface area contributed by atoms with Gasteiger partial charge in [-0.25, -0.2) is 0 Å². The summed E-state index contributed by atoms with van der Waals surface area (Å²) >= 11 is 3.47. The van der Waals surface area contributed by atoms with Crippen LogP contribution < -0.4 is 10.6 Å². The van der Waals surface area contributed by atoms with Gasteiger partial charge in [0.1, 0.15) is 0 Å². The van der Waals surface area contributed by atoms with Gasteiger partial charge in [-0.3, -0.25) is 10.1 Å². The van der Waals surface area contributed by atoms with Gasteiger partial charge in [-0.2, -0.15) is 0 Å². The molecule has 2 unspecified atom stereocenters. The summed E-state index contributed by atoms with van der Waals surface area (Å²) in [4.78, 5) is 12.2. The highest BCUT2D eigenvalue weighted by Gasteiger charge is 2.22. The van der Waals surface area contributed by atoms with Gasteiger partial charge in [-0.05, 0) is 51.8 Å². The average Bonchev–Trinajstić information content (AvgIpc) is 2.38. The topological polar surface area (TPSA) is 41.1 Å². The third-order valence-corrected chi connectivity index (χ3v) is 4.08. The number of amides is 1. The van der Waals surface area contributed by atoms with Gasteiger partial charge in [0.2, 0.25) is 5.91 Å². The van der Waals surface area contributed by atoms with E-state index in [1.807, 2.05) is 32.9 Å². The van der Waals surface area contributed by atoms with Gasteiger partial charge in [0.15, 0.2) is 0 Å². The molecule has 1 aromatic carbocycles. The van der Waals surface area contributed by atoms with Crippen LogP contribution in [0.25, 0.3) is 0 Å². The second-order valence-electron chi connectivity index (χ2n) is 5.89. The van der Waals surface area contributed by atoms with Crippen molar-refractivity contribution in [2.75, 3.05) is 0 Å². The minimum absolute atomic E-state index is 0.0405. The minimum Gasteiger partial charge on any atom is -0.350 e. The Hall–Kier alpha value is -0.870. The number of hydrogen-bond acceptors (Lipinski definition) is 2. The molecule has 0 aliphatic heterocycles. The molecule has 0 saturated carbocycles. The van der Waals surface area contributed by atoms with Crippen LogP contribution in [0.5, 0.6) is 0 Å². The molecule has 1 rings (SSSR count). The molecule has 0 fully saturated rings. The number of rotatable bonds is 6. The SMILES string of the molecule is CCC(C)(C)NC(=O)C(C)NC(C)c1cccc(Br)c1. The molecule has 2 N–H and O–H groups in total. The van der Waals surface area contributed by atoms with E-state index >= 15 is 0 Å². The van der Waals surface area contributed by atoms with Crippen LogP contribution in [0.3, 0.4) is 0 Å². The summed E-state index contributed by atoms with van der Waals surface area (Å²) in [5.74, 6) is 0.0405. The molecule has 20 heavy (non-hydrogen) atoms. The highest BCUT2D eigenvalue weighted by molar-refractivity contribution is 9.10. The number of halogens is 1. The summed E-state index contributed by atoms with van der Waals surface area (Å²) in [5.41, 5.74) is 1.00. The Kier molecular flexibility index (Phi) is 6.21. The fraction of sp³-hybridized carbons (Fsp3) is 0.562. The second kappa shape index (κ2) is 7.23. The summed E-state index contributed by atoms with van der Waals surface area (Å²) in [6.45, 7) is 10.1. The van der Waals surface area contributed by atoms with E-state index in [-0.39, 0.29) is 23.5 Å². The lowest BCUT2D eigenvalue weighted by atomic mass is 10.0. The first-order valence-electron chi connectivity index (χ1n) is 7.08. The normalized spacial score (nSPS) is 14.7. The standard InChI is InChI=1S/C16H25BrN2O/c1-6-16(4,5)19-15(20)12(3)18-11(2)13-8-7-9-14(17)10-13/h7-12,18H,6H2,1-5H3,(H,19,20). The van der Waals surface area contributed by atoms with Gasteiger partial charge in [0.05, 0.1) is 6.04 Å². The molecule has 0 bridgehead atoms. The van der Waals surface area contributed by atoms with Crippen LogP contribution >= 0.6 is 15.9 Å². The molecule has 3 nitrogen and oxygen atoms in total. The molecular formula is C16H25BrN2O. The lowest BCUT2D eigenvalue weighted by Gasteiger charge is -2.28. The second-order valence-corrected chi connectivity index (χ2v) is 6.81. The van der Waals surface area contributed by atoms with Crippen LogP contribution in [0, 0.1) is 0 Å². The van der Waals surface area contributed by atoms with E-state index in [0.717, 1.165) is 16.5 Å². The van der Waals surface area contributed by atoms with E-state index < -0.39 is 0 Å². The number of hydrogen-bond donors (Lipinski definition) is 2. The largest absolute Gasteiger partial charge is 0.350 e. The van der Waals surface area contributed by atoms with Gasteiger partial charge in [-0.1, -0.05) is 35.0 Å². The third kappa shape index (κ3) is 5.25. The molecule has 1 amide bonds. The fourth-order valence-electron chi connectivity index (χ4n) is 1.85. The smallest absolute Gasteiger partial charge is 0.237 e. The molecule has 2 atom stereocenters. The van der Waals surface area contributed by atoms with Gasteiger partial charge < -0.3 is 5.32 Å². The number of nitrogens with one attached hydrogen (secondary N) is 2. The maximum absolute atomic E-state index is 12.2. The lowest BCUT2D eigenvalue weighted by Crippen LogP contribution is -2.51. The van der Waals surface area contributed by atoms with Crippen molar-refractivity contribution in [1.29, 1.82) is 0 Å². The quantitative estimate of drug-likeness (QED) is 0.826. The highest BCUT2D eigenvalue weighted by atomic mass is 79.9. The molecule has 0 radical (unpaired) electrons. The van der Waals surface area contributed by atoms with Gasteiger partial charge >= 0.3 is 0 Å². The van der Waals surface area contributed by atoms with Crippen molar-refractivity contribution in [2.24, 2.45) is 0 Å². The van der Waals surface area contributed by atoms with Crippen molar-refractivity contribution in [3.63, 3.8) is 0 Å². The third-order valence-electron chi connectivity index (χ3n) is 3.59. The van der Waals surface area contributed by atoms with Crippen molar-refractivity contribution in [3.05, 3.63) is 34.3 Å². The minimum atomic E-state index is -0.227. The van der Waals surface area contributed by atoms with E-state index in [1.54, 1.807) is 0 Å². The zero-order valence-corrected chi connectivity index (χ0v) is 14.5. The van der Waals surface area contributed by atoms with Gasteiger partial charge in [-0.15, -0.1) is 0 Å². The summed E-state index contributed by atoms with van der Waals surface area (Å²) in [7, 11) is 0. The molecule has 0 saturated heterocycles. The molecular weight excluding hydrogens is 316 g/mol. The van der Waals surface area contributed by atoms with E-state index in [2.05, 4.69) is 52.5 Å². The zero-order valence-electron chi connectivity index (χ0n) is 13.0. The Morgan fingerprint density at radius 2 is 2.00 bits per heavy atom. The highest BCUT2D eigenvalue weighted by Crippen LogP contribution is 2.18. The summed E-state index contributed by atoms with van der Waals surface area (Å²) in [6.07, 6.45) is 0.909. The van der Waals surface area contributed by atoms with Crippen LogP contribution in [0.4, 0.5) is 0 Å². The van der Waals surface area contributed by atoms with Crippen molar-refractivity contribution < 1.29 is 4.79 Å². The molecule has 1 aromatic rings. The number of carbonyl (C=O) groups excluding carboxylic acids is 1. The molecule has 0 aromatic heterocycles. The van der Waals surface area contributed by atoms with Gasteiger partial charge in [0.25, 0.3) is 0 Å². The van der Waals surface area contributed by atoms with Crippen molar-refractivity contribution >= 4 is 21.8 Å². The average molecular weight is 341 g/mol. The fourth-order valence-corrected chi connectivity index (χ4v) is 2.27. The first kappa shape index (κ1) is 17.2. The molecule has 0 heterocycles. The van der Waals surface area contributed by atoms with Crippen LogP contribution in [-0.4, -0.2) is 17.5 Å². The number of benzene rings is 1. The van der Waals surface area contributed by atoms with Crippen LogP contribution in [-0.2, 0) is 4.79 Å². The maximum atomic E-state index is 12.2. The van der Waals surface area contributed by atoms with Crippen molar-refractivity contribution in [3.8, 4) is 0 Å². The predicted octanol–water partition coefficient (Wildman–Crippen LogP) is 3.79. The summed E-state index contributed by atoms with van der Waals surface area (Å²) in [6, 6.07) is 8.02. The van der Waals surface area contributed by atoms with Gasteiger partial charge in [0, 0.05) is 16.1 Å². The molecule has 112 valence electrons. The van der Waals surface area contributed by atoms with E-state index in [1.165, 1.54) is 0 Å². The monoisotopic (exact) mass is 340 g/mol. The predicted molar refractivity (Wildman–Crippen MR) is 87.7 cm³/mol. The Morgan fingerprint density at radius 3 is 2.55 bits per heavy atom. The molecule has 0 aliphatic rings. The van der Waals surface area contributed by atoms with E-state index in [0.29, 0.717) is 0 Å². The Bertz CT molecular complexity index is 460. The van der Waals surface area contributed by atoms with E-state index in [9.17, 15) is 4.79 Å². The Morgan fingerprint density at radius 1 is 1.35 bits per heavy atom. The number of carbonyl (C=O) groups is 1. The van der Waals surface area contributed by atoms with Crippen LogP contribution in [0.2, 0.25) is 0 Å². The molecule has 0 aliphatic carbocycles. The lowest BCUT2D eigenvalue weighted by molar-refractivity contribution is -0.124. The molecule has 0 spiro atoms. The zero-order chi connectivity index (χ0) is 15.3.